The van der Waals surface area contributed by atoms with E-state index >= 15 is 0 Å². The summed E-state index contributed by atoms with van der Waals surface area (Å²) < 4.78 is 0. The summed E-state index contributed by atoms with van der Waals surface area (Å²) in [6.45, 7) is 9.12. The van der Waals surface area contributed by atoms with E-state index in [0.717, 1.165) is 38.9 Å². The van der Waals surface area contributed by atoms with E-state index in [9.17, 15) is 0 Å². The summed E-state index contributed by atoms with van der Waals surface area (Å²) in [6, 6.07) is 0. The predicted molar refractivity (Wildman–Crippen MR) is 68.7 cm³/mol. The van der Waals surface area contributed by atoms with Crippen molar-refractivity contribution >= 4 is 5.84 Å². The summed E-state index contributed by atoms with van der Waals surface area (Å²) in [5.74, 6) is 0.273. The first-order valence-electron chi connectivity index (χ1n) is 6.11. The molecule has 0 aromatic heterocycles. The van der Waals surface area contributed by atoms with Crippen molar-refractivity contribution in [2.45, 2.75) is 40.0 Å². The van der Waals surface area contributed by atoms with E-state index in [1.807, 2.05) is 13.8 Å². The Hall–Kier alpha value is -0.610. The average molecular weight is 229 g/mol. The zero-order chi connectivity index (χ0) is 12.6. The Bertz CT molecular complexity index is 204. The third-order valence-corrected chi connectivity index (χ3v) is 3.12. The molecule has 0 bridgehead atoms. The first-order chi connectivity index (χ1) is 7.44. The number of rotatable bonds is 9. The maximum absolute atomic E-state index is 8.84. The molecule has 0 atom stereocenters. The van der Waals surface area contributed by atoms with Crippen molar-refractivity contribution in [1.29, 1.82) is 5.41 Å². The van der Waals surface area contributed by atoms with Gasteiger partial charge in [-0.05, 0) is 25.9 Å². The van der Waals surface area contributed by atoms with E-state index in [4.69, 9.17) is 16.2 Å². The van der Waals surface area contributed by atoms with E-state index in [1.165, 1.54) is 0 Å². The molecule has 16 heavy (non-hydrogen) atoms. The van der Waals surface area contributed by atoms with Crippen molar-refractivity contribution in [3.8, 4) is 0 Å². The summed E-state index contributed by atoms with van der Waals surface area (Å²) in [5, 5.41) is 16.3. The van der Waals surface area contributed by atoms with Crippen LogP contribution in [-0.2, 0) is 0 Å². The fourth-order valence-electron chi connectivity index (χ4n) is 1.61. The van der Waals surface area contributed by atoms with Crippen LogP contribution >= 0.6 is 0 Å². The van der Waals surface area contributed by atoms with Gasteiger partial charge in [0, 0.05) is 12.0 Å². The van der Waals surface area contributed by atoms with E-state index in [0.29, 0.717) is 0 Å². The summed E-state index contributed by atoms with van der Waals surface area (Å²) >= 11 is 0. The molecule has 0 rings (SSSR count). The SMILES string of the molecule is CCN(CCO)CCCCC(C)(C)C(=N)N. The molecule has 0 aliphatic heterocycles. The van der Waals surface area contributed by atoms with Gasteiger partial charge in [0.05, 0.1) is 12.4 Å². The summed E-state index contributed by atoms with van der Waals surface area (Å²) in [4.78, 5) is 2.24. The molecule has 0 unspecified atom stereocenters. The van der Waals surface area contributed by atoms with Gasteiger partial charge in [-0.2, -0.15) is 0 Å². The molecule has 4 nitrogen and oxygen atoms in total. The molecular formula is C12H27N3O. The molecule has 0 heterocycles. The van der Waals surface area contributed by atoms with E-state index < -0.39 is 0 Å². The predicted octanol–water partition coefficient (Wildman–Crippen LogP) is 1.43. The monoisotopic (exact) mass is 229 g/mol. The standard InChI is InChI=1S/C12H27N3O/c1-4-15(9-10-16)8-6-5-7-12(2,3)11(13)14/h16H,4-10H2,1-3H3,(H3,13,14). The number of hydrogen-bond acceptors (Lipinski definition) is 3. The zero-order valence-electron chi connectivity index (χ0n) is 10.9. The first kappa shape index (κ1) is 15.4. The molecule has 96 valence electrons. The Morgan fingerprint density at radius 1 is 1.31 bits per heavy atom. The van der Waals surface area contributed by atoms with E-state index in [1.54, 1.807) is 0 Å². The van der Waals surface area contributed by atoms with Crippen molar-refractivity contribution < 1.29 is 5.11 Å². The van der Waals surface area contributed by atoms with E-state index in [2.05, 4.69) is 11.8 Å². The third-order valence-electron chi connectivity index (χ3n) is 3.12. The minimum atomic E-state index is -0.173. The van der Waals surface area contributed by atoms with Crippen molar-refractivity contribution in [2.24, 2.45) is 11.1 Å². The number of hydrogen-bond donors (Lipinski definition) is 3. The van der Waals surface area contributed by atoms with Crippen molar-refractivity contribution in [2.75, 3.05) is 26.2 Å². The number of likely N-dealkylation sites (N-methyl/N-ethyl adjacent to an activating group) is 1. The lowest BCUT2D eigenvalue weighted by Crippen LogP contribution is -2.31. The minimum absolute atomic E-state index is 0.173. The molecule has 0 aliphatic rings. The highest BCUT2D eigenvalue weighted by Gasteiger charge is 2.20. The molecule has 4 N–H and O–H groups in total. The first-order valence-corrected chi connectivity index (χ1v) is 6.11. The second-order valence-electron chi connectivity index (χ2n) is 4.91. The van der Waals surface area contributed by atoms with Gasteiger partial charge in [0.25, 0.3) is 0 Å². The highest BCUT2D eigenvalue weighted by Crippen LogP contribution is 2.22. The van der Waals surface area contributed by atoms with Gasteiger partial charge in [-0.15, -0.1) is 0 Å². The third kappa shape index (κ3) is 6.08. The Morgan fingerprint density at radius 2 is 1.94 bits per heavy atom. The van der Waals surface area contributed by atoms with Gasteiger partial charge >= 0.3 is 0 Å². The smallest absolute Gasteiger partial charge is 0.0963 e. The number of nitrogens with two attached hydrogens (primary N) is 1. The highest BCUT2D eigenvalue weighted by atomic mass is 16.3. The molecule has 0 spiro atoms. The van der Waals surface area contributed by atoms with Crippen LogP contribution in [0.25, 0.3) is 0 Å². The number of nitrogens with one attached hydrogen (secondary N) is 1. The van der Waals surface area contributed by atoms with Crippen LogP contribution < -0.4 is 5.73 Å². The molecule has 0 radical (unpaired) electrons. The van der Waals surface area contributed by atoms with Crippen LogP contribution in [-0.4, -0.2) is 42.1 Å². The highest BCUT2D eigenvalue weighted by molar-refractivity contribution is 5.82. The second-order valence-corrected chi connectivity index (χ2v) is 4.91. The lowest BCUT2D eigenvalue weighted by atomic mass is 9.86. The number of aliphatic hydroxyl groups excluding tert-OH is 1. The molecule has 0 aliphatic carbocycles. The van der Waals surface area contributed by atoms with Crippen LogP contribution in [0.5, 0.6) is 0 Å². The Kier molecular flexibility index (Phi) is 7.34. The molecule has 0 saturated carbocycles. The topological polar surface area (TPSA) is 73.3 Å². The van der Waals surface area contributed by atoms with Crippen LogP contribution in [0.3, 0.4) is 0 Å². The molecule has 4 heteroatoms. The summed E-state index contributed by atoms with van der Waals surface area (Å²) in [5.41, 5.74) is 5.35. The lowest BCUT2D eigenvalue weighted by Gasteiger charge is -2.24. The fraction of sp³-hybridized carbons (Fsp3) is 0.917. The van der Waals surface area contributed by atoms with Gasteiger partial charge in [0.1, 0.15) is 0 Å². The normalized spacial score (nSPS) is 12.1. The molecule has 0 aromatic carbocycles. The van der Waals surface area contributed by atoms with Crippen LogP contribution in [0.1, 0.15) is 40.0 Å². The zero-order valence-corrected chi connectivity index (χ0v) is 10.9. The lowest BCUT2D eigenvalue weighted by molar-refractivity contribution is 0.198. The summed E-state index contributed by atoms with van der Waals surface area (Å²) in [6.07, 6.45) is 3.14. The van der Waals surface area contributed by atoms with Gasteiger partial charge in [0.2, 0.25) is 0 Å². The summed E-state index contributed by atoms with van der Waals surface area (Å²) in [7, 11) is 0. The Morgan fingerprint density at radius 3 is 2.38 bits per heavy atom. The fourth-order valence-corrected chi connectivity index (χ4v) is 1.61. The van der Waals surface area contributed by atoms with Crippen LogP contribution in [0, 0.1) is 10.8 Å². The Balaban J connectivity index is 3.70. The number of amidine groups is 1. The molecule has 0 fully saturated rings. The van der Waals surface area contributed by atoms with Gasteiger partial charge in [0.15, 0.2) is 0 Å². The van der Waals surface area contributed by atoms with Crippen molar-refractivity contribution in [1.82, 2.24) is 4.90 Å². The van der Waals surface area contributed by atoms with Crippen LogP contribution in [0.2, 0.25) is 0 Å². The second kappa shape index (κ2) is 7.63. The molecule has 0 saturated heterocycles. The largest absolute Gasteiger partial charge is 0.395 e. The molecular weight excluding hydrogens is 202 g/mol. The Labute approximate surface area is 99.3 Å². The van der Waals surface area contributed by atoms with Crippen molar-refractivity contribution in [3.63, 3.8) is 0 Å². The van der Waals surface area contributed by atoms with Gasteiger partial charge in [-0.1, -0.05) is 27.2 Å². The van der Waals surface area contributed by atoms with Crippen LogP contribution in [0.4, 0.5) is 0 Å². The number of unbranched alkanes of at least 4 members (excludes halogenated alkanes) is 1. The number of aliphatic hydroxyl groups is 1. The maximum atomic E-state index is 8.84. The van der Waals surface area contributed by atoms with E-state index in [-0.39, 0.29) is 17.9 Å². The molecule has 0 aromatic rings. The molecule has 0 amide bonds. The maximum Gasteiger partial charge on any atom is 0.0963 e. The van der Waals surface area contributed by atoms with Crippen LogP contribution in [0.15, 0.2) is 0 Å². The minimum Gasteiger partial charge on any atom is -0.395 e. The van der Waals surface area contributed by atoms with Gasteiger partial charge in [-0.3, -0.25) is 5.41 Å². The van der Waals surface area contributed by atoms with Gasteiger partial charge in [-0.25, -0.2) is 0 Å². The average Bonchev–Trinajstić information content (AvgIpc) is 2.22. The quantitative estimate of drug-likeness (QED) is 0.318. The van der Waals surface area contributed by atoms with Crippen molar-refractivity contribution in [3.05, 3.63) is 0 Å². The number of nitrogens with zero attached hydrogens (tertiary/aromatic N) is 1. The van der Waals surface area contributed by atoms with Gasteiger partial charge < -0.3 is 15.7 Å².